The number of anilines is 1. The Morgan fingerprint density at radius 1 is 1.00 bits per heavy atom. The maximum absolute atomic E-state index is 12.8. The van der Waals surface area contributed by atoms with E-state index in [1.807, 2.05) is 31.2 Å². The molecule has 2 aromatic carbocycles. The van der Waals surface area contributed by atoms with Gasteiger partial charge < -0.3 is 0 Å². The van der Waals surface area contributed by atoms with Crippen molar-refractivity contribution in [2.24, 2.45) is 5.10 Å². The Morgan fingerprint density at radius 3 is 2.35 bits per heavy atom. The Balaban J connectivity index is 2.18. The van der Waals surface area contributed by atoms with Crippen LogP contribution in [0.2, 0.25) is 0 Å². The molecule has 0 unspecified atom stereocenters. The first-order chi connectivity index (χ1) is 9.48. The molecule has 0 aliphatic heterocycles. The molecule has 0 aromatic heterocycles. The minimum Gasteiger partial charge on any atom is -0.278 e. The van der Waals surface area contributed by atoms with Crippen LogP contribution in [0.15, 0.2) is 53.6 Å². The van der Waals surface area contributed by atoms with Crippen LogP contribution in [0.4, 0.5) is 18.9 Å². The summed E-state index contributed by atoms with van der Waals surface area (Å²) in [6, 6.07) is 12.7. The second-order valence-electron chi connectivity index (χ2n) is 4.27. The van der Waals surface area contributed by atoms with Crippen molar-refractivity contribution in [2.75, 3.05) is 5.43 Å². The SMILES string of the molecule is Cc1ccccc1/C=N\Nc1ccccc1C(F)(F)F. The summed E-state index contributed by atoms with van der Waals surface area (Å²) >= 11 is 0. The minimum atomic E-state index is -4.40. The Morgan fingerprint density at radius 2 is 1.65 bits per heavy atom. The number of nitrogens with one attached hydrogen (secondary N) is 1. The third kappa shape index (κ3) is 3.38. The van der Waals surface area contributed by atoms with Crippen molar-refractivity contribution in [3.05, 3.63) is 65.2 Å². The van der Waals surface area contributed by atoms with Crippen molar-refractivity contribution in [1.82, 2.24) is 0 Å². The molecule has 2 rings (SSSR count). The van der Waals surface area contributed by atoms with Gasteiger partial charge in [0.15, 0.2) is 0 Å². The van der Waals surface area contributed by atoms with E-state index in [-0.39, 0.29) is 5.69 Å². The molecule has 0 bridgehead atoms. The van der Waals surface area contributed by atoms with E-state index >= 15 is 0 Å². The van der Waals surface area contributed by atoms with Gasteiger partial charge in [0.2, 0.25) is 0 Å². The first-order valence-electron chi connectivity index (χ1n) is 5.99. The van der Waals surface area contributed by atoms with Crippen LogP contribution in [-0.2, 0) is 6.18 Å². The molecular weight excluding hydrogens is 265 g/mol. The summed E-state index contributed by atoms with van der Waals surface area (Å²) < 4.78 is 38.3. The second kappa shape index (κ2) is 5.77. The number of hydrogen-bond acceptors (Lipinski definition) is 2. The minimum absolute atomic E-state index is 0.0650. The molecule has 0 heterocycles. The standard InChI is InChI=1S/C15H13F3N2/c1-11-6-2-3-7-12(11)10-19-20-14-9-5-4-8-13(14)15(16,17)18/h2-10,20H,1H3/b19-10-. The zero-order valence-corrected chi connectivity index (χ0v) is 10.8. The summed E-state index contributed by atoms with van der Waals surface area (Å²) in [7, 11) is 0. The molecule has 0 atom stereocenters. The van der Waals surface area contributed by atoms with E-state index in [0.717, 1.165) is 17.2 Å². The molecule has 5 heteroatoms. The van der Waals surface area contributed by atoms with E-state index in [9.17, 15) is 13.2 Å². The summed E-state index contributed by atoms with van der Waals surface area (Å²) in [6.45, 7) is 1.91. The van der Waals surface area contributed by atoms with Crippen LogP contribution in [0.3, 0.4) is 0 Å². The third-order valence-electron chi connectivity index (χ3n) is 2.81. The zero-order valence-electron chi connectivity index (χ0n) is 10.8. The van der Waals surface area contributed by atoms with E-state index in [0.29, 0.717) is 0 Å². The molecule has 0 fully saturated rings. The lowest BCUT2D eigenvalue weighted by atomic mass is 10.1. The fraction of sp³-hybridized carbons (Fsp3) is 0.133. The summed E-state index contributed by atoms with van der Waals surface area (Å²) in [5.74, 6) is 0. The van der Waals surface area contributed by atoms with Gasteiger partial charge in [0.1, 0.15) is 0 Å². The normalized spacial score (nSPS) is 11.8. The van der Waals surface area contributed by atoms with Gasteiger partial charge in [0.25, 0.3) is 0 Å². The van der Waals surface area contributed by atoms with Crippen molar-refractivity contribution in [1.29, 1.82) is 0 Å². The summed E-state index contributed by atoms with van der Waals surface area (Å²) in [5, 5.41) is 3.87. The highest BCUT2D eigenvalue weighted by molar-refractivity contribution is 5.82. The number of halogens is 3. The van der Waals surface area contributed by atoms with Gasteiger partial charge in [-0.15, -0.1) is 0 Å². The second-order valence-corrected chi connectivity index (χ2v) is 4.27. The fourth-order valence-electron chi connectivity index (χ4n) is 1.73. The summed E-state index contributed by atoms with van der Waals surface area (Å²) in [6.07, 6.45) is -2.90. The molecule has 104 valence electrons. The number of hydrogen-bond donors (Lipinski definition) is 1. The molecule has 0 saturated heterocycles. The Hall–Kier alpha value is -2.30. The largest absolute Gasteiger partial charge is 0.418 e. The highest BCUT2D eigenvalue weighted by Crippen LogP contribution is 2.34. The molecule has 1 N–H and O–H groups in total. The van der Waals surface area contributed by atoms with Crippen molar-refractivity contribution >= 4 is 11.9 Å². The lowest BCUT2D eigenvalue weighted by molar-refractivity contribution is -0.136. The van der Waals surface area contributed by atoms with Crippen LogP contribution in [-0.4, -0.2) is 6.21 Å². The lowest BCUT2D eigenvalue weighted by Gasteiger charge is -2.11. The fourth-order valence-corrected chi connectivity index (χ4v) is 1.73. The van der Waals surface area contributed by atoms with Gasteiger partial charge in [-0.3, -0.25) is 5.43 Å². The van der Waals surface area contributed by atoms with Crippen LogP contribution in [0, 0.1) is 6.92 Å². The first kappa shape index (κ1) is 14.1. The maximum atomic E-state index is 12.8. The topological polar surface area (TPSA) is 24.4 Å². The first-order valence-corrected chi connectivity index (χ1v) is 5.99. The van der Waals surface area contributed by atoms with Gasteiger partial charge in [-0.25, -0.2) is 0 Å². The Bertz CT molecular complexity index is 619. The van der Waals surface area contributed by atoms with Crippen molar-refractivity contribution in [2.45, 2.75) is 13.1 Å². The van der Waals surface area contributed by atoms with Gasteiger partial charge in [-0.1, -0.05) is 36.4 Å². The number of para-hydroxylation sites is 1. The third-order valence-corrected chi connectivity index (χ3v) is 2.81. The van der Waals surface area contributed by atoms with Gasteiger partial charge >= 0.3 is 6.18 Å². The number of alkyl halides is 3. The average Bonchev–Trinajstić information content (AvgIpc) is 2.40. The molecule has 0 aliphatic carbocycles. The molecule has 20 heavy (non-hydrogen) atoms. The van der Waals surface area contributed by atoms with Crippen molar-refractivity contribution in [3.8, 4) is 0 Å². The molecule has 0 amide bonds. The van der Waals surface area contributed by atoms with Crippen LogP contribution in [0.5, 0.6) is 0 Å². The quantitative estimate of drug-likeness (QED) is 0.650. The Kier molecular flexibility index (Phi) is 4.08. The Labute approximate surface area is 114 Å². The van der Waals surface area contributed by atoms with E-state index in [1.54, 1.807) is 0 Å². The van der Waals surface area contributed by atoms with Gasteiger partial charge in [0, 0.05) is 0 Å². The summed E-state index contributed by atoms with van der Waals surface area (Å²) in [4.78, 5) is 0. The highest BCUT2D eigenvalue weighted by atomic mass is 19.4. The average molecular weight is 278 g/mol. The number of nitrogens with zero attached hydrogens (tertiary/aromatic N) is 1. The maximum Gasteiger partial charge on any atom is 0.418 e. The molecule has 2 nitrogen and oxygen atoms in total. The zero-order chi connectivity index (χ0) is 14.6. The van der Waals surface area contributed by atoms with E-state index in [1.165, 1.54) is 24.4 Å². The van der Waals surface area contributed by atoms with E-state index in [4.69, 9.17) is 0 Å². The van der Waals surface area contributed by atoms with Gasteiger partial charge in [-0.2, -0.15) is 18.3 Å². The molecule has 0 radical (unpaired) electrons. The predicted octanol–water partition coefficient (Wildman–Crippen LogP) is 4.46. The van der Waals surface area contributed by atoms with Crippen LogP contribution in [0.25, 0.3) is 0 Å². The summed E-state index contributed by atoms with van der Waals surface area (Å²) in [5.41, 5.74) is 3.50. The number of benzene rings is 2. The number of rotatable bonds is 3. The number of hydrazone groups is 1. The molecule has 0 aliphatic rings. The highest BCUT2D eigenvalue weighted by Gasteiger charge is 2.33. The lowest BCUT2D eigenvalue weighted by Crippen LogP contribution is -2.08. The number of aryl methyl sites for hydroxylation is 1. The van der Waals surface area contributed by atoms with E-state index in [2.05, 4.69) is 10.5 Å². The van der Waals surface area contributed by atoms with E-state index < -0.39 is 11.7 Å². The molecule has 0 spiro atoms. The van der Waals surface area contributed by atoms with Crippen LogP contribution in [0.1, 0.15) is 16.7 Å². The molecule has 2 aromatic rings. The van der Waals surface area contributed by atoms with Crippen LogP contribution >= 0.6 is 0 Å². The smallest absolute Gasteiger partial charge is 0.278 e. The monoisotopic (exact) mass is 278 g/mol. The van der Waals surface area contributed by atoms with Crippen molar-refractivity contribution < 1.29 is 13.2 Å². The van der Waals surface area contributed by atoms with Gasteiger partial charge in [-0.05, 0) is 30.2 Å². The molecular formula is C15H13F3N2. The van der Waals surface area contributed by atoms with Gasteiger partial charge in [0.05, 0.1) is 17.5 Å². The van der Waals surface area contributed by atoms with Crippen molar-refractivity contribution in [3.63, 3.8) is 0 Å². The van der Waals surface area contributed by atoms with Crippen LogP contribution < -0.4 is 5.43 Å². The predicted molar refractivity (Wildman–Crippen MR) is 73.8 cm³/mol. The molecule has 0 saturated carbocycles.